The normalized spacial score (nSPS) is 19.5. The van der Waals surface area contributed by atoms with E-state index < -0.39 is 17.7 Å². The lowest BCUT2D eigenvalue weighted by Gasteiger charge is -2.24. The highest BCUT2D eigenvalue weighted by molar-refractivity contribution is 7.10. The van der Waals surface area contributed by atoms with Crippen LogP contribution in [-0.2, 0) is 16.1 Å². The van der Waals surface area contributed by atoms with Crippen LogP contribution in [0.5, 0.6) is 11.5 Å². The van der Waals surface area contributed by atoms with E-state index in [9.17, 15) is 14.7 Å². The van der Waals surface area contributed by atoms with Gasteiger partial charge in [0.15, 0.2) is 11.5 Å². The number of aryl methyl sites for hydroxylation is 1. The summed E-state index contributed by atoms with van der Waals surface area (Å²) in [5, 5.41) is 13.1. The topological polar surface area (TPSA) is 95.7 Å². The van der Waals surface area contributed by atoms with Gasteiger partial charge in [-0.1, -0.05) is 6.07 Å². The molecule has 1 atom stereocenters. The smallest absolute Gasteiger partial charge is 0.295 e. The number of fused-ring (bicyclic) bond motifs is 1. The number of nitrogens with zero attached hydrogens (tertiary/aromatic N) is 2. The predicted molar refractivity (Wildman–Crippen MR) is 116 cm³/mol. The summed E-state index contributed by atoms with van der Waals surface area (Å²) in [6, 6.07) is 8.15. The maximum atomic E-state index is 13.0. The molecule has 2 N–H and O–H groups in total. The minimum absolute atomic E-state index is 0.100. The van der Waals surface area contributed by atoms with Crippen LogP contribution in [0.15, 0.2) is 60.0 Å². The highest BCUT2D eigenvalue weighted by atomic mass is 32.1. The molecule has 1 amide bonds. The van der Waals surface area contributed by atoms with Crippen molar-refractivity contribution in [3.05, 3.63) is 70.4 Å². The van der Waals surface area contributed by atoms with Crippen LogP contribution in [-0.4, -0.2) is 46.4 Å². The molecule has 32 heavy (non-hydrogen) atoms. The molecule has 164 valence electrons. The largest absolute Gasteiger partial charge is 0.507 e. The van der Waals surface area contributed by atoms with Crippen molar-refractivity contribution in [2.75, 3.05) is 19.8 Å². The molecule has 2 aromatic heterocycles. The molecular formula is C23H22N3O5S+. The van der Waals surface area contributed by atoms with E-state index in [1.54, 1.807) is 23.1 Å². The number of ketones is 1. The van der Waals surface area contributed by atoms with Crippen molar-refractivity contribution < 1.29 is 28.7 Å². The first-order valence-corrected chi connectivity index (χ1v) is 11.2. The van der Waals surface area contributed by atoms with E-state index in [0.717, 1.165) is 4.88 Å². The van der Waals surface area contributed by atoms with Gasteiger partial charge in [0.05, 0.1) is 18.2 Å². The maximum absolute atomic E-state index is 13.0. The SMILES string of the molecule is O=C1C(=O)N(CCC[n+]2cc[nH]c2)C(c2cccs2)/C1=C(\O)c1ccc2c(c1)OCCO2. The average Bonchev–Trinajstić information content (AvgIpc) is 3.57. The van der Waals surface area contributed by atoms with E-state index in [2.05, 4.69) is 4.98 Å². The first-order chi connectivity index (χ1) is 15.6. The summed E-state index contributed by atoms with van der Waals surface area (Å²) >= 11 is 1.45. The van der Waals surface area contributed by atoms with E-state index in [1.807, 2.05) is 40.8 Å². The number of carbonyl (C=O) groups excluding carboxylic acids is 2. The van der Waals surface area contributed by atoms with Crippen molar-refractivity contribution in [3.8, 4) is 11.5 Å². The van der Waals surface area contributed by atoms with Gasteiger partial charge in [-0.05, 0) is 29.6 Å². The Morgan fingerprint density at radius 2 is 2.06 bits per heavy atom. The third kappa shape index (κ3) is 3.64. The summed E-state index contributed by atoms with van der Waals surface area (Å²) in [5.74, 6) is -0.385. The molecule has 0 saturated carbocycles. The Hall–Kier alpha value is -3.59. The van der Waals surface area contributed by atoms with Gasteiger partial charge in [-0.2, -0.15) is 0 Å². The number of hydrogen-bond donors (Lipinski definition) is 2. The van der Waals surface area contributed by atoms with Crippen LogP contribution >= 0.6 is 11.3 Å². The molecule has 1 saturated heterocycles. The minimum Gasteiger partial charge on any atom is -0.507 e. The summed E-state index contributed by atoms with van der Waals surface area (Å²) in [7, 11) is 0. The van der Waals surface area contributed by atoms with E-state index >= 15 is 0 Å². The first-order valence-electron chi connectivity index (χ1n) is 10.4. The second-order valence-electron chi connectivity index (χ2n) is 7.57. The summed E-state index contributed by atoms with van der Waals surface area (Å²) in [6.45, 7) is 1.97. The van der Waals surface area contributed by atoms with Gasteiger partial charge in [0, 0.05) is 23.4 Å². The first kappa shape index (κ1) is 20.3. The van der Waals surface area contributed by atoms with Crippen LogP contribution in [0.1, 0.15) is 22.9 Å². The zero-order chi connectivity index (χ0) is 22.1. The number of aromatic nitrogens is 2. The van der Waals surface area contributed by atoms with E-state index in [-0.39, 0.29) is 11.3 Å². The number of Topliss-reactive ketones (excluding diaryl/α,β-unsaturated/α-hetero) is 1. The number of likely N-dealkylation sites (tertiary alicyclic amines) is 1. The Balaban J connectivity index is 1.49. The number of amides is 1. The van der Waals surface area contributed by atoms with Gasteiger partial charge < -0.3 is 19.5 Å². The van der Waals surface area contributed by atoms with Crippen LogP contribution in [0.25, 0.3) is 5.76 Å². The molecule has 9 heteroatoms. The van der Waals surface area contributed by atoms with E-state index in [1.165, 1.54) is 11.3 Å². The number of rotatable bonds is 6. The predicted octanol–water partition coefficient (Wildman–Crippen LogP) is 2.65. The highest BCUT2D eigenvalue weighted by Crippen LogP contribution is 2.42. The Bertz CT molecular complexity index is 1170. The Morgan fingerprint density at radius 1 is 1.22 bits per heavy atom. The van der Waals surface area contributed by atoms with Crippen LogP contribution in [0.2, 0.25) is 0 Å². The van der Waals surface area contributed by atoms with Gasteiger partial charge in [-0.3, -0.25) is 14.6 Å². The molecule has 8 nitrogen and oxygen atoms in total. The molecule has 4 heterocycles. The van der Waals surface area contributed by atoms with Gasteiger partial charge in [0.25, 0.3) is 11.7 Å². The van der Waals surface area contributed by atoms with Gasteiger partial charge in [0.2, 0.25) is 6.33 Å². The van der Waals surface area contributed by atoms with E-state index in [0.29, 0.717) is 49.8 Å². The minimum atomic E-state index is -0.676. The summed E-state index contributed by atoms with van der Waals surface area (Å²) in [4.78, 5) is 31.4. The van der Waals surface area contributed by atoms with Crippen molar-refractivity contribution in [1.82, 2.24) is 9.88 Å². The molecule has 0 bridgehead atoms. The number of nitrogens with one attached hydrogen (secondary N) is 1. The maximum Gasteiger partial charge on any atom is 0.295 e. The van der Waals surface area contributed by atoms with Gasteiger partial charge in [-0.25, -0.2) is 4.57 Å². The molecule has 0 spiro atoms. The molecule has 5 rings (SSSR count). The molecular weight excluding hydrogens is 430 g/mol. The second kappa shape index (κ2) is 8.51. The lowest BCUT2D eigenvalue weighted by Crippen LogP contribution is -2.35. The number of ether oxygens (including phenoxy) is 2. The Kier molecular flexibility index (Phi) is 5.40. The standard InChI is InChI=1S/C23H21N3O5S/c27-21(15-4-5-16-17(13-15)31-11-10-30-16)19-20(18-3-1-12-32-18)26(23(29)22(19)28)8-2-7-25-9-6-24-14-25/h1,3-6,9,12-14,20H,2,7-8,10-11H2,(H,27,28)/p+1. The zero-order valence-corrected chi connectivity index (χ0v) is 18.0. The number of imidazole rings is 1. The number of H-pyrrole nitrogens is 1. The second-order valence-corrected chi connectivity index (χ2v) is 8.55. The molecule has 1 unspecified atom stereocenters. The van der Waals surface area contributed by atoms with Crippen LogP contribution in [0.4, 0.5) is 0 Å². The number of aliphatic hydroxyl groups excluding tert-OH is 1. The monoisotopic (exact) mass is 452 g/mol. The Labute approximate surface area is 188 Å². The summed E-state index contributed by atoms with van der Waals surface area (Å²) in [6.07, 6.45) is 6.24. The van der Waals surface area contributed by atoms with Crippen LogP contribution in [0, 0.1) is 0 Å². The number of aliphatic hydroxyl groups is 1. The fourth-order valence-electron chi connectivity index (χ4n) is 4.08. The molecule has 2 aliphatic heterocycles. The third-order valence-electron chi connectivity index (χ3n) is 5.59. The molecule has 1 fully saturated rings. The van der Waals surface area contributed by atoms with Crippen molar-refractivity contribution in [1.29, 1.82) is 0 Å². The summed E-state index contributed by atoms with van der Waals surface area (Å²) in [5.41, 5.74) is 0.514. The van der Waals surface area contributed by atoms with Crippen LogP contribution in [0.3, 0.4) is 0 Å². The fraction of sp³-hybridized carbons (Fsp3) is 0.261. The fourth-order valence-corrected chi connectivity index (χ4v) is 4.93. The number of benzene rings is 1. The van der Waals surface area contributed by atoms with Crippen molar-refractivity contribution >= 4 is 28.8 Å². The van der Waals surface area contributed by atoms with Gasteiger partial charge in [0.1, 0.15) is 31.4 Å². The van der Waals surface area contributed by atoms with Crippen LogP contribution < -0.4 is 14.0 Å². The Morgan fingerprint density at radius 3 is 2.81 bits per heavy atom. The number of thiophene rings is 1. The lowest BCUT2D eigenvalue weighted by molar-refractivity contribution is -0.695. The molecule has 0 aliphatic carbocycles. The number of hydrogen-bond acceptors (Lipinski definition) is 6. The molecule has 3 aromatic rings. The molecule has 1 aromatic carbocycles. The van der Waals surface area contributed by atoms with Crippen molar-refractivity contribution in [2.24, 2.45) is 0 Å². The van der Waals surface area contributed by atoms with E-state index in [4.69, 9.17) is 9.47 Å². The number of carbonyl (C=O) groups is 2. The quantitative estimate of drug-likeness (QED) is 0.260. The number of aromatic amines is 1. The molecule has 2 aliphatic rings. The third-order valence-corrected chi connectivity index (χ3v) is 6.51. The van der Waals surface area contributed by atoms with Crippen molar-refractivity contribution in [2.45, 2.75) is 19.0 Å². The molecule has 0 radical (unpaired) electrons. The zero-order valence-electron chi connectivity index (χ0n) is 17.2. The lowest BCUT2D eigenvalue weighted by atomic mass is 9.99. The average molecular weight is 453 g/mol. The highest BCUT2D eigenvalue weighted by Gasteiger charge is 2.46. The van der Waals surface area contributed by atoms with Gasteiger partial charge >= 0.3 is 0 Å². The summed E-state index contributed by atoms with van der Waals surface area (Å²) < 4.78 is 13.1. The van der Waals surface area contributed by atoms with Gasteiger partial charge in [-0.15, -0.1) is 11.3 Å². The van der Waals surface area contributed by atoms with Crippen molar-refractivity contribution in [3.63, 3.8) is 0 Å².